The normalized spacial score (nSPS) is 10.6. The summed E-state index contributed by atoms with van der Waals surface area (Å²) in [6.07, 6.45) is -1.01. The van der Waals surface area contributed by atoms with Gasteiger partial charge in [0, 0.05) is 0 Å². The molecule has 0 amide bonds. The molecule has 0 aromatic heterocycles. The Morgan fingerprint density at radius 1 is 0.742 bits per heavy atom. The molecule has 164 valence electrons. The fourth-order valence-electron chi connectivity index (χ4n) is 2.10. The minimum absolute atomic E-state index is 0.0467. The highest BCUT2D eigenvalue weighted by Crippen LogP contribution is 2.24. The molecule has 0 aliphatic rings. The molecule has 0 aliphatic carbocycles. The van der Waals surface area contributed by atoms with Gasteiger partial charge in [0.1, 0.15) is 22.6 Å². The molecule has 2 rings (SSSR count). The van der Waals surface area contributed by atoms with Gasteiger partial charge in [0.05, 0.1) is 12.0 Å². The molecule has 9 heteroatoms. The van der Waals surface area contributed by atoms with Gasteiger partial charge in [-0.2, -0.15) is 0 Å². The molecule has 0 unspecified atom stereocenters. The SMILES string of the molecule is CCOC(=O)Oc1ccccc1C(=O)OOC(=O)c1ccccc1OC(=O)C(C)(C)C. The molecule has 31 heavy (non-hydrogen) atoms. The summed E-state index contributed by atoms with van der Waals surface area (Å²) in [5.74, 6) is -2.89. The summed E-state index contributed by atoms with van der Waals surface area (Å²) in [5, 5.41) is 0. The van der Waals surface area contributed by atoms with Gasteiger partial charge in [-0.05, 0) is 52.0 Å². The summed E-state index contributed by atoms with van der Waals surface area (Å²) in [6, 6.07) is 11.5. The number of para-hydroxylation sites is 2. The Labute approximate surface area is 178 Å². The maximum Gasteiger partial charge on any atom is 0.513 e. The van der Waals surface area contributed by atoms with Crippen LogP contribution >= 0.6 is 0 Å². The molecule has 0 N–H and O–H groups in total. The van der Waals surface area contributed by atoms with Crippen LogP contribution in [0.3, 0.4) is 0 Å². The number of hydrogen-bond acceptors (Lipinski definition) is 9. The average molecular weight is 430 g/mol. The van der Waals surface area contributed by atoms with E-state index in [1.165, 1.54) is 42.5 Å². The largest absolute Gasteiger partial charge is 0.513 e. The molecule has 0 atom stereocenters. The zero-order valence-corrected chi connectivity index (χ0v) is 17.5. The van der Waals surface area contributed by atoms with Crippen LogP contribution in [-0.4, -0.2) is 30.7 Å². The molecule has 2 aromatic rings. The molecule has 0 bridgehead atoms. The fraction of sp³-hybridized carbons (Fsp3) is 0.273. The van der Waals surface area contributed by atoms with Gasteiger partial charge >= 0.3 is 24.1 Å². The Bertz CT molecular complexity index is 973. The third-order valence-corrected chi connectivity index (χ3v) is 3.68. The van der Waals surface area contributed by atoms with E-state index in [-0.39, 0.29) is 29.2 Å². The van der Waals surface area contributed by atoms with Crippen molar-refractivity contribution >= 4 is 24.1 Å². The van der Waals surface area contributed by atoms with Crippen molar-refractivity contribution < 1.29 is 43.2 Å². The second-order valence-corrected chi connectivity index (χ2v) is 7.16. The molecule has 0 heterocycles. The Morgan fingerprint density at radius 2 is 1.19 bits per heavy atom. The highest BCUT2D eigenvalue weighted by atomic mass is 17.2. The maximum absolute atomic E-state index is 12.4. The van der Waals surface area contributed by atoms with Crippen molar-refractivity contribution in [3.8, 4) is 11.5 Å². The molecule has 0 spiro atoms. The minimum Gasteiger partial charge on any atom is -0.434 e. The zero-order valence-electron chi connectivity index (χ0n) is 17.5. The van der Waals surface area contributed by atoms with Crippen molar-refractivity contribution in [1.82, 2.24) is 0 Å². The van der Waals surface area contributed by atoms with Gasteiger partial charge < -0.3 is 14.2 Å². The van der Waals surface area contributed by atoms with Crippen LogP contribution in [0.2, 0.25) is 0 Å². The van der Waals surface area contributed by atoms with Gasteiger partial charge in [-0.1, -0.05) is 24.3 Å². The second-order valence-electron chi connectivity index (χ2n) is 7.16. The molecule has 0 radical (unpaired) electrons. The number of esters is 1. The van der Waals surface area contributed by atoms with Crippen molar-refractivity contribution in [1.29, 1.82) is 0 Å². The first-order chi connectivity index (χ1) is 14.6. The lowest BCUT2D eigenvalue weighted by Crippen LogP contribution is -2.26. The molecule has 0 aliphatic heterocycles. The van der Waals surface area contributed by atoms with Crippen LogP contribution in [0.15, 0.2) is 48.5 Å². The van der Waals surface area contributed by atoms with Crippen molar-refractivity contribution in [2.75, 3.05) is 6.61 Å². The first-order valence-electron chi connectivity index (χ1n) is 9.31. The smallest absolute Gasteiger partial charge is 0.434 e. The van der Waals surface area contributed by atoms with Crippen molar-refractivity contribution in [3.05, 3.63) is 59.7 Å². The quantitative estimate of drug-likeness (QED) is 0.227. The van der Waals surface area contributed by atoms with E-state index in [2.05, 4.69) is 14.5 Å². The van der Waals surface area contributed by atoms with E-state index in [1.54, 1.807) is 33.8 Å². The molecule has 2 aromatic carbocycles. The van der Waals surface area contributed by atoms with Crippen LogP contribution in [0.4, 0.5) is 4.79 Å². The summed E-state index contributed by atoms with van der Waals surface area (Å²) in [6.45, 7) is 6.66. The van der Waals surface area contributed by atoms with Crippen molar-refractivity contribution in [2.24, 2.45) is 5.41 Å². The zero-order chi connectivity index (χ0) is 23.0. The second kappa shape index (κ2) is 10.2. The van der Waals surface area contributed by atoms with E-state index in [1.807, 2.05) is 0 Å². The average Bonchev–Trinajstić information content (AvgIpc) is 2.72. The van der Waals surface area contributed by atoms with Gasteiger partial charge in [-0.3, -0.25) is 4.79 Å². The third kappa shape index (κ3) is 6.56. The minimum atomic E-state index is -1.09. The number of benzene rings is 2. The number of ether oxygens (including phenoxy) is 3. The standard InChI is InChI=1S/C22H22O9/c1-5-27-21(26)29-17-13-9-7-11-15(17)19(24)31-30-18(23)14-10-6-8-12-16(14)28-20(25)22(2,3)4/h6-13H,5H2,1-4H3. The Kier molecular flexibility index (Phi) is 7.73. The van der Waals surface area contributed by atoms with Crippen molar-refractivity contribution in [2.45, 2.75) is 27.7 Å². The third-order valence-electron chi connectivity index (χ3n) is 3.68. The van der Waals surface area contributed by atoms with Crippen LogP contribution in [0.5, 0.6) is 11.5 Å². The number of rotatable bonds is 5. The number of carbonyl (C=O) groups excluding carboxylic acids is 4. The van der Waals surface area contributed by atoms with Gasteiger partial charge in [-0.15, -0.1) is 0 Å². The summed E-state index contributed by atoms with van der Waals surface area (Å²) >= 11 is 0. The first kappa shape index (κ1) is 23.4. The van der Waals surface area contributed by atoms with E-state index < -0.39 is 29.5 Å². The van der Waals surface area contributed by atoms with Crippen molar-refractivity contribution in [3.63, 3.8) is 0 Å². The van der Waals surface area contributed by atoms with E-state index in [9.17, 15) is 19.2 Å². The summed E-state index contributed by atoms with van der Waals surface area (Å²) < 4.78 is 14.9. The monoisotopic (exact) mass is 430 g/mol. The van der Waals surface area contributed by atoms with Gasteiger partial charge in [0.15, 0.2) is 0 Å². The molecular weight excluding hydrogens is 408 g/mol. The summed E-state index contributed by atoms with van der Waals surface area (Å²) in [5.41, 5.74) is -1.09. The van der Waals surface area contributed by atoms with E-state index >= 15 is 0 Å². The number of hydrogen-bond donors (Lipinski definition) is 0. The van der Waals surface area contributed by atoms with Gasteiger partial charge in [0.25, 0.3) is 0 Å². The topological polar surface area (TPSA) is 114 Å². The van der Waals surface area contributed by atoms with E-state index in [0.29, 0.717) is 0 Å². The van der Waals surface area contributed by atoms with Crippen LogP contribution in [0, 0.1) is 5.41 Å². The Balaban J connectivity index is 2.10. The predicted molar refractivity (Wildman–Crippen MR) is 106 cm³/mol. The Hall–Kier alpha value is -3.88. The van der Waals surface area contributed by atoms with Crippen LogP contribution in [0.1, 0.15) is 48.4 Å². The molecule has 0 saturated carbocycles. The molecule has 0 fully saturated rings. The summed E-state index contributed by atoms with van der Waals surface area (Å²) in [4.78, 5) is 57.5. The van der Waals surface area contributed by atoms with E-state index in [4.69, 9.17) is 9.47 Å². The lowest BCUT2D eigenvalue weighted by Gasteiger charge is -2.17. The fourth-order valence-corrected chi connectivity index (χ4v) is 2.10. The summed E-state index contributed by atoms with van der Waals surface area (Å²) in [7, 11) is 0. The molecular formula is C22H22O9. The highest BCUT2D eigenvalue weighted by Gasteiger charge is 2.27. The van der Waals surface area contributed by atoms with E-state index in [0.717, 1.165) is 0 Å². The van der Waals surface area contributed by atoms with Gasteiger partial charge in [0.2, 0.25) is 0 Å². The molecule has 0 saturated heterocycles. The van der Waals surface area contributed by atoms with Crippen LogP contribution in [-0.2, 0) is 19.3 Å². The lowest BCUT2D eigenvalue weighted by atomic mass is 9.97. The maximum atomic E-state index is 12.4. The lowest BCUT2D eigenvalue weighted by molar-refractivity contribution is -0.187. The number of carbonyl (C=O) groups is 4. The predicted octanol–water partition coefficient (Wildman–Crippen LogP) is 4.10. The first-order valence-corrected chi connectivity index (χ1v) is 9.31. The highest BCUT2D eigenvalue weighted by molar-refractivity contribution is 5.96. The molecule has 9 nitrogen and oxygen atoms in total. The van der Waals surface area contributed by atoms with Crippen LogP contribution < -0.4 is 9.47 Å². The van der Waals surface area contributed by atoms with Gasteiger partial charge in [-0.25, -0.2) is 24.2 Å². The van der Waals surface area contributed by atoms with Crippen LogP contribution in [0.25, 0.3) is 0 Å². The Morgan fingerprint density at radius 3 is 1.65 bits per heavy atom.